The van der Waals surface area contributed by atoms with Gasteiger partial charge in [0.1, 0.15) is 5.82 Å². The molecule has 1 aromatic carbocycles. The molecule has 2 nitrogen and oxygen atoms in total. The molecule has 0 saturated heterocycles. The van der Waals surface area contributed by atoms with Crippen LogP contribution in [0.25, 0.3) is 0 Å². The van der Waals surface area contributed by atoms with Gasteiger partial charge in [0.2, 0.25) is 0 Å². The highest BCUT2D eigenvalue weighted by atomic mass is 19.1. The second-order valence-corrected chi connectivity index (χ2v) is 6.59. The van der Waals surface area contributed by atoms with Gasteiger partial charge >= 0.3 is 0 Å². The molecular formula is C17H25FN2. The Hall–Kier alpha value is -1.19. The van der Waals surface area contributed by atoms with Crippen LogP contribution in [-0.4, -0.2) is 18.0 Å². The minimum absolute atomic E-state index is 0.140. The standard InChI is InChI=1S/C17H25FN2/c1-17(2,3)15-6-8-20(9-7-15)12-14-5-4-13(11-19)10-16(14)18/h4-6,10H,7-9,11-12,19H2,1-3H3. The summed E-state index contributed by atoms with van der Waals surface area (Å²) in [7, 11) is 0. The fraction of sp³-hybridized carbons (Fsp3) is 0.529. The van der Waals surface area contributed by atoms with E-state index in [9.17, 15) is 4.39 Å². The zero-order valence-corrected chi connectivity index (χ0v) is 12.7. The van der Waals surface area contributed by atoms with Crippen LogP contribution >= 0.6 is 0 Å². The van der Waals surface area contributed by atoms with E-state index in [1.54, 1.807) is 6.07 Å². The van der Waals surface area contributed by atoms with E-state index >= 15 is 0 Å². The lowest BCUT2D eigenvalue weighted by molar-refractivity contribution is 0.268. The van der Waals surface area contributed by atoms with Crippen molar-refractivity contribution < 1.29 is 4.39 Å². The summed E-state index contributed by atoms with van der Waals surface area (Å²) in [5, 5.41) is 0. The highest BCUT2D eigenvalue weighted by molar-refractivity contribution is 5.25. The summed E-state index contributed by atoms with van der Waals surface area (Å²) in [6, 6.07) is 5.33. The Balaban J connectivity index is 2.01. The SMILES string of the molecule is CC(C)(C)C1=CCN(Cc2ccc(CN)cc2F)CC1. The average molecular weight is 276 g/mol. The third kappa shape index (κ3) is 3.68. The molecule has 1 aliphatic rings. The molecule has 0 fully saturated rings. The van der Waals surface area contributed by atoms with E-state index in [0.717, 1.165) is 30.6 Å². The van der Waals surface area contributed by atoms with Crippen LogP contribution in [0.5, 0.6) is 0 Å². The van der Waals surface area contributed by atoms with Crippen molar-refractivity contribution in [1.29, 1.82) is 0 Å². The lowest BCUT2D eigenvalue weighted by atomic mass is 9.83. The van der Waals surface area contributed by atoms with Crippen molar-refractivity contribution in [3.8, 4) is 0 Å². The molecule has 0 bridgehead atoms. The first kappa shape index (κ1) is 15.2. The monoisotopic (exact) mass is 276 g/mol. The summed E-state index contributed by atoms with van der Waals surface area (Å²) >= 11 is 0. The molecule has 0 amide bonds. The summed E-state index contributed by atoms with van der Waals surface area (Å²) in [5.41, 5.74) is 8.89. The van der Waals surface area contributed by atoms with E-state index in [0.29, 0.717) is 13.1 Å². The van der Waals surface area contributed by atoms with Crippen molar-refractivity contribution in [1.82, 2.24) is 4.90 Å². The van der Waals surface area contributed by atoms with Crippen LogP contribution in [0, 0.1) is 11.2 Å². The Bertz CT molecular complexity index is 500. The molecule has 0 spiro atoms. The third-order valence-corrected chi connectivity index (χ3v) is 4.00. The summed E-state index contributed by atoms with van der Waals surface area (Å²) in [6.45, 7) is 9.72. The Kier molecular flexibility index (Phi) is 4.61. The van der Waals surface area contributed by atoms with Crippen molar-refractivity contribution in [3.63, 3.8) is 0 Å². The van der Waals surface area contributed by atoms with Gasteiger partial charge in [-0.2, -0.15) is 0 Å². The molecule has 3 heteroatoms. The quantitative estimate of drug-likeness (QED) is 0.857. The molecule has 1 heterocycles. The fourth-order valence-corrected chi connectivity index (χ4v) is 2.62. The van der Waals surface area contributed by atoms with E-state index in [-0.39, 0.29) is 11.2 Å². The second kappa shape index (κ2) is 6.06. The molecule has 0 unspecified atom stereocenters. The van der Waals surface area contributed by atoms with Crippen LogP contribution in [0.2, 0.25) is 0 Å². The number of nitrogens with zero attached hydrogens (tertiary/aromatic N) is 1. The molecule has 0 atom stereocenters. The van der Waals surface area contributed by atoms with Gasteiger partial charge in [0.25, 0.3) is 0 Å². The van der Waals surface area contributed by atoms with E-state index in [1.165, 1.54) is 5.57 Å². The molecule has 0 radical (unpaired) electrons. The third-order valence-electron chi connectivity index (χ3n) is 4.00. The lowest BCUT2D eigenvalue weighted by Gasteiger charge is -2.32. The molecule has 2 rings (SSSR count). The number of hydrogen-bond acceptors (Lipinski definition) is 2. The van der Waals surface area contributed by atoms with Crippen molar-refractivity contribution in [2.45, 2.75) is 40.3 Å². The molecule has 2 N–H and O–H groups in total. The first-order chi connectivity index (χ1) is 9.40. The molecule has 0 aromatic heterocycles. The van der Waals surface area contributed by atoms with E-state index < -0.39 is 0 Å². The summed E-state index contributed by atoms with van der Waals surface area (Å²) < 4.78 is 14.0. The molecule has 0 saturated carbocycles. The first-order valence-electron chi connectivity index (χ1n) is 7.29. The predicted molar refractivity (Wildman–Crippen MR) is 81.7 cm³/mol. The van der Waals surface area contributed by atoms with Gasteiger partial charge in [-0.15, -0.1) is 0 Å². The van der Waals surface area contributed by atoms with E-state index in [4.69, 9.17) is 5.73 Å². The first-order valence-corrected chi connectivity index (χ1v) is 7.29. The predicted octanol–water partition coefficient (Wildman–Crippen LogP) is 3.46. The zero-order valence-electron chi connectivity index (χ0n) is 12.7. The molecular weight excluding hydrogens is 251 g/mol. The van der Waals surface area contributed by atoms with Crippen molar-refractivity contribution in [2.75, 3.05) is 13.1 Å². The van der Waals surface area contributed by atoms with Crippen LogP contribution in [0.3, 0.4) is 0 Å². The van der Waals surface area contributed by atoms with Crippen molar-refractivity contribution >= 4 is 0 Å². The molecule has 1 aliphatic heterocycles. The molecule has 0 aliphatic carbocycles. The number of nitrogens with two attached hydrogens (primary N) is 1. The largest absolute Gasteiger partial charge is 0.326 e. The van der Waals surface area contributed by atoms with Crippen molar-refractivity contribution in [2.24, 2.45) is 11.1 Å². The van der Waals surface area contributed by atoms with Crippen LogP contribution in [0.4, 0.5) is 4.39 Å². The highest BCUT2D eigenvalue weighted by Crippen LogP contribution is 2.30. The minimum atomic E-state index is -0.140. The van der Waals surface area contributed by atoms with Gasteiger partial charge in [0.05, 0.1) is 0 Å². The van der Waals surface area contributed by atoms with Gasteiger partial charge < -0.3 is 5.73 Å². The molecule has 1 aromatic rings. The Morgan fingerprint density at radius 2 is 2.05 bits per heavy atom. The lowest BCUT2D eigenvalue weighted by Crippen LogP contribution is -2.31. The number of halogens is 1. The molecule has 110 valence electrons. The average Bonchev–Trinajstić information content (AvgIpc) is 2.40. The Labute approximate surface area is 121 Å². The van der Waals surface area contributed by atoms with E-state index in [2.05, 4.69) is 31.7 Å². The van der Waals surface area contributed by atoms with E-state index in [1.807, 2.05) is 12.1 Å². The maximum absolute atomic E-state index is 14.0. The molecule has 20 heavy (non-hydrogen) atoms. The van der Waals surface area contributed by atoms with Gasteiger partial charge in [-0.25, -0.2) is 4.39 Å². The van der Waals surface area contributed by atoms with Gasteiger partial charge in [-0.05, 0) is 23.5 Å². The number of rotatable bonds is 3. The number of benzene rings is 1. The minimum Gasteiger partial charge on any atom is -0.326 e. The number of hydrogen-bond donors (Lipinski definition) is 1. The topological polar surface area (TPSA) is 29.3 Å². The smallest absolute Gasteiger partial charge is 0.128 e. The van der Waals surface area contributed by atoms with Crippen LogP contribution in [0.15, 0.2) is 29.8 Å². The van der Waals surface area contributed by atoms with Crippen LogP contribution < -0.4 is 5.73 Å². The fourth-order valence-electron chi connectivity index (χ4n) is 2.62. The maximum atomic E-state index is 14.0. The van der Waals surface area contributed by atoms with Gasteiger partial charge in [0, 0.05) is 31.7 Å². The van der Waals surface area contributed by atoms with Crippen LogP contribution in [0.1, 0.15) is 38.3 Å². The summed E-state index contributed by atoms with van der Waals surface area (Å²) in [5.74, 6) is -0.140. The Morgan fingerprint density at radius 1 is 1.30 bits per heavy atom. The summed E-state index contributed by atoms with van der Waals surface area (Å²) in [4.78, 5) is 2.29. The Morgan fingerprint density at radius 3 is 2.55 bits per heavy atom. The maximum Gasteiger partial charge on any atom is 0.128 e. The van der Waals surface area contributed by atoms with Gasteiger partial charge in [-0.1, -0.05) is 44.6 Å². The summed E-state index contributed by atoms with van der Waals surface area (Å²) in [6.07, 6.45) is 3.38. The van der Waals surface area contributed by atoms with Gasteiger partial charge in [0.15, 0.2) is 0 Å². The van der Waals surface area contributed by atoms with Gasteiger partial charge in [-0.3, -0.25) is 4.90 Å². The highest BCUT2D eigenvalue weighted by Gasteiger charge is 2.21. The van der Waals surface area contributed by atoms with Crippen molar-refractivity contribution in [3.05, 3.63) is 46.8 Å². The second-order valence-electron chi connectivity index (χ2n) is 6.59. The normalized spacial score (nSPS) is 17.1. The van der Waals surface area contributed by atoms with Crippen LogP contribution in [-0.2, 0) is 13.1 Å². The zero-order chi connectivity index (χ0) is 14.8.